The summed E-state index contributed by atoms with van der Waals surface area (Å²) in [5.74, 6) is -10.7. The SMILES string of the molecule is CC[C@H](C)[C@H](NC(=O)[C@H](CO)NC(=O)[C@@H](NC(=O)[C@@H]1CCCN1C(=O)[C@H](Cc1c[nH]c2ccccc12)NC(=O)[C@H](CCCN=C(N)N)NC(=O)[C@H](CO)NC(=O)[C@@H](N)CC(N)=O)[C@@H](C)O)C(=O)N[C@@H](CC(C)C)C(=O)O. The lowest BCUT2D eigenvalue weighted by Crippen LogP contribution is -2.62. The van der Waals surface area contributed by atoms with Crippen molar-refractivity contribution in [1.82, 2.24) is 47.1 Å². The van der Waals surface area contributed by atoms with Crippen LogP contribution in [0.5, 0.6) is 0 Å². The van der Waals surface area contributed by atoms with E-state index in [-0.39, 0.29) is 63.5 Å². The topological polar surface area (TPSA) is 471 Å². The zero-order valence-electron chi connectivity index (χ0n) is 43.4. The van der Waals surface area contributed by atoms with E-state index in [1.54, 1.807) is 58.2 Å². The Balaban J connectivity index is 1.90. The number of benzene rings is 1. The predicted molar refractivity (Wildman–Crippen MR) is 274 cm³/mol. The number of aliphatic carboxylic acids is 1. The molecule has 0 aliphatic carbocycles. The number of guanidine groups is 1. The number of carbonyl (C=O) groups is 10. The summed E-state index contributed by atoms with van der Waals surface area (Å²) in [5, 5.41) is 58.5. The summed E-state index contributed by atoms with van der Waals surface area (Å²) in [4.78, 5) is 142. The van der Waals surface area contributed by atoms with Crippen LogP contribution in [0, 0.1) is 11.8 Å². The molecule has 1 aliphatic heterocycles. The quantitative estimate of drug-likeness (QED) is 0.0191. The van der Waals surface area contributed by atoms with Gasteiger partial charge in [-0.1, -0.05) is 52.3 Å². The number of aromatic nitrogens is 1. The van der Waals surface area contributed by atoms with Gasteiger partial charge in [0.2, 0.25) is 53.2 Å². The van der Waals surface area contributed by atoms with Crippen molar-refractivity contribution in [3.63, 3.8) is 0 Å². The molecule has 1 aliphatic rings. The molecule has 2 aromatic rings. The molecule has 0 bridgehead atoms. The van der Waals surface area contributed by atoms with Crippen LogP contribution in [0.2, 0.25) is 0 Å². The number of fused-ring (bicyclic) bond motifs is 1. The predicted octanol–water partition coefficient (Wildman–Crippen LogP) is -5.11. The molecule has 422 valence electrons. The number of nitrogens with one attached hydrogen (secondary N) is 8. The van der Waals surface area contributed by atoms with Crippen LogP contribution in [-0.2, 0) is 54.4 Å². The Morgan fingerprint density at radius 2 is 1.32 bits per heavy atom. The molecule has 1 aromatic heterocycles. The number of primary amides is 1. The molecule has 0 saturated carbocycles. The third-order valence-electron chi connectivity index (χ3n) is 12.7. The molecular formula is C48H76N14O14. The molecule has 1 aromatic carbocycles. The summed E-state index contributed by atoms with van der Waals surface area (Å²) in [6, 6.07) is -6.28. The van der Waals surface area contributed by atoms with Crippen molar-refractivity contribution in [2.75, 3.05) is 26.3 Å². The molecule has 0 unspecified atom stereocenters. The zero-order valence-corrected chi connectivity index (χ0v) is 43.4. The second kappa shape index (κ2) is 30.2. The molecule has 20 N–H and O–H groups in total. The minimum atomic E-state index is -1.77. The summed E-state index contributed by atoms with van der Waals surface area (Å²) in [6.07, 6.45) is 0.000352. The number of rotatable bonds is 31. The number of carboxylic acid groups (broad SMARTS) is 1. The Kier molecular flexibility index (Phi) is 25.0. The minimum Gasteiger partial charge on any atom is -0.480 e. The first-order chi connectivity index (χ1) is 35.8. The van der Waals surface area contributed by atoms with E-state index in [0.29, 0.717) is 22.9 Å². The lowest BCUT2D eigenvalue weighted by Gasteiger charge is -2.31. The summed E-state index contributed by atoms with van der Waals surface area (Å²) < 4.78 is 0. The Morgan fingerprint density at radius 1 is 0.750 bits per heavy atom. The first-order valence-corrected chi connectivity index (χ1v) is 25.0. The molecule has 3 rings (SSSR count). The van der Waals surface area contributed by atoms with Gasteiger partial charge >= 0.3 is 5.97 Å². The summed E-state index contributed by atoms with van der Waals surface area (Å²) in [7, 11) is 0. The fourth-order valence-electron chi connectivity index (χ4n) is 8.34. The van der Waals surface area contributed by atoms with Gasteiger partial charge in [0.15, 0.2) is 5.96 Å². The number of H-pyrrole nitrogens is 1. The average Bonchev–Trinajstić information content (AvgIpc) is 4.02. The number of nitrogens with zero attached hydrogens (tertiary/aromatic N) is 2. The van der Waals surface area contributed by atoms with Gasteiger partial charge in [-0.3, -0.25) is 48.1 Å². The number of amides is 9. The van der Waals surface area contributed by atoms with Crippen molar-refractivity contribution < 1.29 is 68.4 Å². The van der Waals surface area contributed by atoms with E-state index in [1.807, 2.05) is 0 Å². The van der Waals surface area contributed by atoms with E-state index in [0.717, 1.165) is 0 Å². The van der Waals surface area contributed by atoms with Crippen LogP contribution in [0.3, 0.4) is 0 Å². The Labute approximate surface area is 439 Å². The zero-order chi connectivity index (χ0) is 57.0. The van der Waals surface area contributed by atoms with Crippen LogP contribution in [-0.4, -0.2) is 182 Å². The molecule has 28 nitrogen and oxygen atoms in total. The number of aliphatic imine (C=N–C) groups is 1. The van der Waals surface area contributed by atoms with E-state index in [2.05, 4.69) is 47.2 Å². The molecule has 1 saturated heterocycles. The van der Waals surface area contributed by atoms with Gasteiger partial charge in [0.1, 0.15) is 48.3 Å². The molecular weight excluding hydrogens is 997 g/mol. The van der Waals surface area contributed by atoms with Crippen molar-refractivity contribution in [2.45, 2.75) is 146 Å². The van der Waals surface area contributed by atoms with Crippen LogP contribution in [0.15, 0.2) is 35.5 Å². The Bertz CT molecular complexity index is 2390. The van der Waals surface area contributed by atoms with Crippen LogP contribution >= 0.6 is 0 Å². The number of aliphatic hydroxyl groups is 3. The highest BCUT2D eigenvalue weighted by atomic mass is 16.4. The largest absolute Gasteiger partial charge is 0.480 e. The van der Waals surface area contributed by atoms with Gasteiger partial charge in [-0.2, -0.15) is 0 Å². The standard InChI is InChI=1S/C48H76N14O14/c1-6-24(4)37(44(72)57-32(47(75)76)17-23(2)3)60-42(70)34(22-64)59-45(73)38(25(5)65)61-43(71)35-14-10-16-62(35)46(74)31(18-26-20-54-29-12-8-7-11-27(26)29)56-40(68)30(13-9-15-53-48(51)52)55-41(69)33(21-63)58-39(67)28(49)19-36(50)66/h7-8,11-12,20,23-25,28,30-35,37-38,54,63-65H,6,9-10,13-19,21-22,49H2,1-5H3,(H2,50,66)(H,55,69)(H,56,68)(H,57,72)(H,58,67)(H,59,73)(H,60,70)(H,61,71)(H,75,76)(H4,51,52,53)/t24-,25+,28-,30-,31-,32-,33-,34-,35-,37-,38-/m0/s1. The molecule has 28 heteroatoms. The molecule has 9 amide bonds. The highest BCUT2D eigenvalue weighted by molar-refractivity contribution is 5.99. The number of para-hydroxylation sites is 1. The van der Waals surface area contributed by atoms with E-state index < -0.39 is 145 Å². The molecule has 2 heterocycles. The normalized spacial score (nSPS) is 17.2. The molecule has 76 heavy (non-hydrogen) atoms. The maximum absolute atomic E-state index is 14.8. The lowest BCUT2D eigenvalue weighted by atomic mass is 9.96. The number of carboxylic acids is 1. The van der Waals surface area contributed by atoms with E-state index in [1.165, 1.54) is 11.8 Å². The Morgan fingerprint density at radius 3 is 1.89 bits per heavy atom. The maximum atomic E-state index is 14.8. The monoisotopic (exact) mass is 1070 g/mol. The average molecular weight is 1070 g/mol. The first kappa shape index (κ1) is 62.9. The first-order valence-electron chi connectivity index (χ1n) is 25.0. The van der Waals surface area contributed by atoms with Gasteiger partial charge in [-0.15, -0.1) is 0 Å². The van der Waals surface area contributed by atoms with Crippen LogP contribution in [0.4, 0.5) is 0 Å². The second-order valence-corrected chi connectivity index (χ2v) is 19.2. The fraction of sp³-hybridized carbons (Fsp3) is 0.604. The number of carbonyl (C=O) groups excluding carboxylic acids is 9. The van der Waals surface area contributed by atoms with E-state index in [4.69, 9.17) is 22.9 Å². The number of aliphatic hydroxyl groups excluding tert-OH is 3. The number of hydrogen-bond donors (Lipinski definition) is 16. The lowest BCUT2D eigenvalue weighted by molar-refractivity contribution is -0.143. The number of likely N-dealkylation sites (tertiary alicyclic amines) is 1. The van der Waals surface area contributed by atoms with E-state index in [9.17, 15) is 68.4 Å². The van der Waals surface area contributed by atoms with Gasteiger partial charge in [-0.05, 0) is 62.5 Å². The number of aromatic amines is 1. The summed E-state index contributed by atoms with van der Waals surface area (Å²) in [5.41, 5.74) is 23.1. The van der Waals surface area contributed by atoms with Crippen LogP contribution < -0.4 is 60.2 Å². The Hall–Kier alpha value is -7.43. The highest BCUT2D eigenvalue weighted by Crippen LogP contribution is 2.24. The number of hydrogen-bond acceptors (Lipinski definition) is 15. The van der Waals surface area contributed by atoms with Crippen LogP contribution in [0.25, 0.3) is 10.9 Å². The highest BCUT2D eigenvalue weighted by Gasteiger charge is 2.41. The third-order valence-corrected chi connectivity index (χ3v) is 12.7. The van der Waals surface area contributed by atoms with Crippen molar-refractivity contribution >= 4 is 76.0 Å². The van der Waals surface area contributed by atoms with E-state index >= 15 is 0 Å². The summed E-state index contributed by atoms with van der Waals surface area (Å²) >= 11 is 0. The van der Waals surface area contributed by atoms with Gasteiger partial charge in [0.25, 0.3) is 0 Å². The summed E-state index contributed by atoms with van der Waals surface area (Å²) in [6.45, 7) is 6.10. The van der Waals surface area contributed by atoms with Gasteiger partial charge < -0.3 is 90.5 Å². The van der Waals surface area contributed by atoms with Crippen molar-refractivity contribution in [1.29, 1.82) is 0 Å². The molecule has 1 fully saturated rings. The van der Waals surface area contributed by atoms with Gasteiger partial charge in [-0.25, -0.2) is 4.79 Å². The smallest absolute Gasteiger partial charge is 0.326 e. The van der Waals surface area contributed by atoms with Gasteiger partial charge in [0.05, 0.1) is 31.8 Å². The molecule has 11 atom stereocenters. The maximum Gasteiger partial charge on any atom is 0.326 e. The van der Waals surface area contributed by atoms with Crippen molar-refractivity contribution in [2.24, 2.45) is 39.8 Å². The van der Waals surface area contributed by atoms with Crippen molar-refractivity contribution in [3.8, 4) is 0 Å². The number of nitrogens with two attached hydrogens (primary N) is 4. The fourth-order valence-corrected chi connectivity index (χ4v) is 8.34. The second-order valence-electron chi connectivity index (χ2n) is 19.2. The van der Waals surface area contributed by atoms with Gasteiger partial charge in [0, 0.05) is 36.6 Å². The van der Waals surface area contributed by atoms with Crippen molar-refractivity contribution in [3.05, 3.63) is 36.0 Å². The minimum absolute atomic E-state index is 0.00164. The van der Waals surface area contributed by atoms with Crippen LogP contribution in [0.1, 0.15) is 85.1 Å². The molecule has 0 spiro atoms. The third kappa shape index (κ3) is 18.7. The molecule has 0 radical (unpaired) electrons.